The zero-order valence-corrected chi connectivity index (χ0v) is 17.7. The van der Waals surface area contributed by atoms with Crippen molar-refractivity contribution in [2.24, 2.45) is 5.92 Å². The largest absolute Gasteiger partial charge is 0.493 e. The van der Waals surface area contributed by atoms with Gasteiger partial charge in [-0.15, -0.1) is 0 Å². The molecular weight excluding hydrogens is 406 g/mol. The average Bonchev–Trinajstić information content (AvgIpc) is 2.76. The minimum Gasteiger partial charge on any atom is -0.493 e. The van der Waals surface area contributed by atoms with Gasteiger partial charge in [0.15, 0.2) is 0 Å². The van der Waals surface area contributed by atoms with Crippen LogP contribution in [0, 0.1) is 5.92 Å². The van der Waals surface area contributed by atoms with Gasteiger partial charge in [-0.1, -0.05) is 43.0 Å². The highest BCUT2D eigenvalue weighted by molar-refractivity contribution is 6.32. The van der Waals surface area contributed by atoms with Crippen LogP contribution >= 0.6 is 11.6 Å². The molecule has 2 aliphatic carbocycles. The quantitative estimate of drug-likeness (QED) is 0.729. The summed E-state index contributed by atoms with van der Waals surface area (Å²) in [5.41, 5.74) is 0. The molecule has 0 spiro atoms. The maximum atomic E-state index is 12.8. The van der Waals surface area contributed by atoms with Gasteiger partial charge in [-0.05, 0) is 37.8 Å². The zero-order chi connectivity index (χ0) is 20.9. The van der Waals surface area contributed by atoms with Crippen molar-refractivity contribution in [2.45, 2.75) is 69.6 Å². The summed E-state index contributed by atoms with van der Waals surface area (Å²) < 4.78 is 17.3. The Bertz CT molecular complexity index is 805. The van der Waals surface area contributed by atoms with E-state index in [4.69, 9.17) is 25.8 Å². The van der Waals surface area contributed by atoms with Gasteiger partial charge < -0.3 is 19.5 Å². The van der Waals surface area contributed by atoms with E-state index in [-0.39, 0.29) is 48.2 Å². The molecule has 2 saturated carbocycles. The van der Waals surface area contributed by atoms with E-state index in [9.17, 15) is 9.59 Å². The van der Waals surface area contributed by atoms with Crippen LogP contribution in [0.5, 0.6) is 5.75 Å². The summed E-state index contributed by atoms with van der Waals surface area (Å²) in [6, 6.07) is 7.31. The molecule has 0 bridgehead atoms. The molecule has 3 aliphatic rings. The Kier molecular flexibility index (Phi) is 6.95. The smallest absolute Gasteiger partial charge is 0.246 e. The predicted octanol–water partition coefficient (Wildman–Crippen LogP) is 4.16. The Labute approximate surface area is 181 Å². The third kappa shape index (κ3) is 5.16. The SMILES string of the molecule is O=C(COC1CCC2C(=O)C(Oc3ccccc3Cl)=COC2C1)NC1CCCCC1. The molecule has 1 heterocycles. The molecule has 6 nitrogen and oxygen atoms in total. The molecule has 162 valence electrons. The molecule has 1 N–H and O–H groups in total. The summed E-state index contributed by atoms with van der Waals surface area (Å²) in [6.45, 7) is 0.0587. The first-order chi connectivity index (χ1) is 14.6. The number of Topliss-reactive ketones (excluding diaryl/α,β-unsaturated/α-hetero) is 1. The van der Waals surface area contributed by atoms with Crippen LogP contribution in [0.15, 0.2) is 36.3 Å². The van der Waals surface area contributed by atoms with Crippen LogP contribution < -0.4 is 10.1 Å². The molecule has 1 aliphatic heterocycles. The van der Waals surface area contributed by atoms with E-state index in [0.717, 1.165) is 12.8 Å². The maximum Gasteiger partial charge on any atom is 0.246 e. The van der Waals surface area contributed by atoms with E-state index in [1.54, 1.807) is 24.3 Å². The maximum absolute atomic E-state index is 12.8. The van der Waals surface area contributed by atoms with Crippen molar-refractivity contribution < 1.29 is 23.8 Å². The Balaban J connectivity index is 1.26. The van der Waals surface area contributed by atoms with E-state index >= 15 is 0 Å². The van der Waals surface area contributed by atoms with Crippen LogP contribution in [0.4, 0.5) is 0 Å². The van der Waals surface area contributed by atoms with E-state index in [2.05, 4.69) is 5.32 Å². The van der Waals surface area contributed by atoms with Crippen LogP contribution in [-0.2, 0) is 19.1 Å². The lowest BCUT2D eigenvalue weighted by Gasteiger charge is -2.37. The monoisotopic (exact) mass is 433 g/mol. The first kappa shape index (κ1) is 21.2. The highest BCUT2D eigenvalue weighted by Crippen LogP contribution is 2.36. The molecule has 2 fully saturated rings. The highest BCUT2D eigenvalue weighted by Gasteiger charge is 2.41. The first-order valence-electron chi connectivity index (χ1n) is 10.8. The molecule has 1 aromatic rings. The van der Waals surface area contributed by atoms with Gasteiger partial charge in [0.1, 0.15) is 24.7 Å². The molecule has 3 atom stereocenters. The number of hydrogen-bond acceptors (Lipinski definition) is 5. The Morgan fingerprint density at radius 1 is 1.13 bits per heavy atom. The lowest BCUT2D eigenvalue weighted by atomic mass is 9.80. The third-order valence-corrected chi connectivity index (χ3v) is 6.46. The number of halogens is 1. The van der Waals surface area contributed by atoms with Gasteiger partial charge in [0, 0.05) is 12.5 Å². The number of carbonyl (C=O) groups is 2. The highest BCUT2D eigenvalue weighted by atomic mass is 35.5. The summed E-state index contributed by atoms with van der Waals surface area (Å²) >= 11 is 6.12. The van der Waals surface area contributed by atoms with E-state index < -0.39 is 0 Å². The molecular formula is C23H28ClNO5. The zero-order valence-electron chi connectivity index (χ0n) is 17.0. The third-order valence-electron chi connectivity index (χ3n) is 6.15. The van der Waals surface area contributed by atoms with Gasteiger partial charge in [0.25, 0.3) is 0 Å². The summed E-state index contributed by atoms with van der Waals surface area (Å²) in [4.78, 5) is 25.0. The fourth-order valence-corrected chi connectivity index (χ4v) is 4.69. The Hall–Kier alpha value is -2.05. The van der Waals surface area contributed by atoms with Crippen molar-refractivity contribution in [3.8, 4) is 5.75 Å². The minimum atomic E-state index is -0.261. The molecule has 30 heavy (non-hydrogen) atoms. The number of rotatable bonds is 6. The number of allylic oxidation sites excluding steroid dienone is 1. The molecule has 1 aromatic carbocycles. The van der Waals surface area contributed by atoms with E-state index in [1.165, 1.54) is 25.5 Å². The lowest BCUT2D eigenvalue weighted by molar-refractivity contribution is -0.138. The molecule has 3 unspecified atom stereocenters. The second kappa shape index (κ2) is 9.84. The first-order valence-corrected chi connectivity index (χ1v) is 11.2. The summed E-state index contributed by atoms with van der Waals surface area (Å²) in [5, 5.41) is 3.51. The number of amides is 1. The number of benzene rings is 1. The van der Waals surface area contributed by atoms with E-state index in [1.807, 2.05) is 0 Å². The van der Waals surface area contributed by atoms with Crippen LogP contribution in [0.1, 0.15) is 51.4 Å². The van der Waals surface area contributed by atoms with Crippen molar-refractivity contribution >= 4 is 23.3 Å². The normalized spacial score (nSPS) is 26.9. The van der Waals surface area contributed by atoms with Crippen LogP contribution in [0.25, 0.3) is 0 Å². The van der Waals surface area contributed by atoms with Gasteiger partial charge in [0.2, 0.25) is 17.4 Å². The number of hydrogen-bond donors (Lipinski definition) is 1. The average molecular weight is 434 g/mol. The predicted molar refractivity (Wildman–Crippen MR) is 112 cm³/mol. The van der Waals surface area contributed by atoms with E-state index in [0.29, 0.717) is 30.0 Å². The fourth-order valence-electron chi connectivity index (χ4n) is 4.51. The molecule has 4 rings (SSSR count). The standard InChI is InChI=1S/C23H28ClNO5/c24-18-8-4-5-9-19(18)30-21-13-29-20-12-16(10-11-17(20)23(21)27)28-14-22(26)25-15-6-2-1-3-7-15/h4-5,8-9,13,15-17,20H,1-3,6-7,10-12,14H2,(H,25,26). The minimum absolute atomic E-state index is 0.0556. The van der Waals surface area contributed by atoms with Gasteiger partial charge in [0.05, 0.1) is 17.0 Å². The van der Waals surface area contributed by atoms with Crippen molar-refractivity contribution in [2.75, 3.05) is 6.61 Å². The van der Waals surface area contributed by atoms with Crippen molar-refractivity contribution in [1.29, 1.82) is 0 Å². The number of fused-ring (bicyclic) bond motifs is 1. The fraction of sp³-hybridized carbons (Fsp3) is 0.565. The van der Waals surface area contributed by atoms with Crippen molar-refractivity contribution in [3.05, 3.63) is 41.3 Å². The van der Waals surface area contributed by atoms with Crippen LogP contribution in [-0.4, -0.2) is 36.5 Å². The molecule has 0 aromatic heterocycles. The van der Waals surface area contributed by atoms with Gasteiger partial charge in [-0.3, -0.25) is 9.59 Å². The molecule has 7 heteroatoms. The Morgan fingerprint density at radius 2 is 1.93 bits per heavy atom. The topological polar surface area (TPSA) is 73.9 Å². The van der Waals surface area contributed by atoms with Gasteiger partial charge >= 0.3 is 0 Å². The number of para-hydroxylation sites is 1. The van der Waals surface area contributed by atoms with Gasteiger partial charge in [-0.25, -0.2) is 0 Å². The number of ketones is 1. The summed E-state index contributed by atoms with van der Waals surface area (Å²) in [5.74, 6) is 0.223. The summed E-state index contributed by atoms with van der Waals surface area (Å²) in [7, 11) is 0. The molecule has 1 amide bonds. The number of nitrogens with one attached hydrogen (secondary N) is 1. The van der Waals surface area contributed by atoms with Crippen molar-refractivity contribution in [3.63, 3.8) is 0 Å². The lowest BCUT2D eigenvalue weighted by Crippen LogP contribution is -2.44. The molecule has 0 saturated heterocycles. The number of ether oxygens (including phenoxy) is 3. The van der Waals surface area contributed by atoms with Gasteiger partial charge in [-0.2, -0.15) is 0 Å². The number of carbonyl (C=O) groups excluding carboxylic acids is 2. The van der Waals surface area contributed by atoms with Crippen LogP contribution in [0.2, 0.25) is 5.02 Å². The summed E-state index contributed by atoms with van der Waals surface area (Å²) in [6.07, 6.45) is 8.71. The second-order valence-electron chi connectivity index (χ2n) is 8.31. The second-order valence-corrected chi connectivity index (χ2v) is 8.72. The van der Waals surface area contributed by atoms with Crippen LogP contribution in [0.3, 0.4) is 0 Å². The molecule has 0 radical (unpaired) electrons. The Morgan fingerprint density at radius 3 is 2.73 bits per heavy atom. The van der Waals surface area contributed by atoms with Crippen molar-refractivity contribution in [1.82, 2.24) is 5.32 Å².